The molecule has 3 rings (SSSR count). The van der Waals surface area contributed by atoms with Gasteiger partial charge in [0.05, 0.1) is 12.8 Å². The highest BCUT2D eigenvalue weighted by Gasteiger charge is 2.11. The normalized spacial score (nSPS) is 15.3. The lowest BCUT2D eigenvalue weighted by molar-refractivity contribution is 0.159. The first-order valence-electron chi connectivity index (χ1n) is 9.25. The van der Waals surface area contributed by atoms with Gasteiger partial charge in [0.25, 0.3) is 0 Å². The average molecular weight is 388 g/mol. The van der Waals surface area contributed by atoms with E-state index in [1.54, 1.807) is 0 Å². The zero-order chi connectivity index (χ0) is 19.1. The molecule has 0 atom stereocenters. The van der Waals surface area contributed by atoms with Crippen molar-refractivity contribution in [1.82, 2.24) is 9.91 Å². The van der Waals surface area contributed by atoms with E-state index in [4.69, 9.17) is 21.1 Å². The molecule has 2 aromatic carbocycles. The van der Waals surface area contributed by atoms with Gasteiger partial charge in [0.2, 0.25) is 0 Å². The van der Waals surface area contributed by atoms with Crippen molar-refractivity contribution in [2.75, 3.05) is 39.8 Å². The fourth-order valence-electron chi connectivity index (χ4n) is 2.79. The Bertz CT molecular complexity index is 757. The summed E-state index contributed by atoms with van der Waals surface area (Å²) in [5.41, 5.74) is 2.05. The summed E-state index contributed by atoms with van der Waals surface area (Å²) in [7, 11) is 2.14. The molecule has 1 aliphatic heterocycles. The van der Waals surface area contributed by atoms with E-state index >= 15 is 0 Å². The highest BCUT2D eigenvalue weighted by Crippen LogP contribution is 2.29. The van der Waals surface area contributed by atoms with Crippen LogP contribution >= 0.6 is 11.6 Å². The lowest BCUT2D eigenvalue weighted by Crippen LogP contribution is -2.41. The standard InChI is InChI=1S/C21H26ClN3O2/c1-3-26-21-14-18(15-23-25-12-10-24(2)11-13-25)6-9-20(21)27-16-17-4-7-19(22)8-5-17/h4-9,14-15H,3,10-13,16H2,1-2H3. The van der Waals surface area contributed by atoms with Crippen molar-refractivity contribution in [1.29, 1.82) is 0 Å². The highest BCUT2D eigenvalue weighted by molar-refractivity contribution is 6.30. The van der Waals surface area contributed by atoms with Crippen LogP contribution in [0.2, 0.25) is 5.02 Å². The minimum atomic E-state index is 0.464. The number of hydrogen-bond acceptors (Lipinski definition) is 5. The van der Waals surface area contributed by atoms with Crippen LogP contribution in [0.1, 0.15) is 18.1 Å². The Morgan fingerprint density at radius 2 is 1.74 bits per heavy atom. The third-order valence-electron chi connectivity index (χ3n) is 4.42. The van der Waals surface area contributed by atoms with E-state index in [0.29, 0.717) is 13.2 Å². The van der Waals surface area contributed by atoms with Crippen LogP contribution in [0.3, 0.4) is 0 Å². The van der Waals surface area contributed by atoms with Crippen LogP contribution in [0.25, 0.3) is 0 Å². The molecule has 27 heavy (non-hydrogen) atoms. The fourth-order valence-corrected chi connectivity index (χ4v) is 2.92. The van der Waals surface area contributed by atoms with Crippen LogP contribution in [-0.2, 0) is 6.61 Å². The molecule has 1 aliphatic rings. The monoisotopic (exact) mass is 387 g/mol. The fraction of sp³-hybridized carbons (Fsp3) is 0.381. The van der Waals surface area contributed by atoms with Crippen LogP contribution in [0.4, 0.5) is 0 Å². The second-order valence-electron chi connectivity index (χ2n) is 6.56. The summed E-state index contributed by atoms with van der Waals surface area (Å²) in [6, 6.07) is 13.6. The molecule has 2 aromatic rings. The minimum absolute atomic E-state index is 0.464. The summed E-state index contributed by atoms with van der Waals surface area (Å²) in [4.78, 5) is 2.31. The molecule has 0 aromatic heterocycles. The van der Waals surface area contributed by atoms with Gasteiger partial charge in [-0.05, 0) is 55.4 Å². The molecule has 0 radical (unpaired) electrons. The molecule has 6 heteroatoms. The van der Waals surface area contributed by atoms with E-state index in [2.05, 4.69) is 22.1 Å². The molecule has 0 unspecified atom stereocenters. The molecule has 1 heterocycles. The average Bonchev–Trinajstić information content (AvgIpc) is 2.68. The third kappa shape index (κ3) is 5.88. The first-order chi connectivity index (χ1) is 13.1. The number of piperazine rings is 1. The summed E-state index contributed by atoms with van der Waals surface area (Å²) in [6.45, 7) is 7.00. The van der Waals surface area contributed by atoms with E-state index < -0.39 is 0 Å². The Morgan fingerprint density at radius 3 is 2.44 bits per heavy atom. The van der Waals surface area contributed by atoms with Gasteiger partial charge in [0, 0.05) is 31.2 Å². The molecular weight excluding hydrogens is 362 g/mol. The van der Waals surface area contributed by atoms with Crippen LogP contribution < -0.4 is 9.47 Å². The van der Waals surface area contributed by atoms with Crippen LogP contribution in [0.15, 0.2) is 47.6 Å². The Hall–Kier alpha value is -2.24. The molecule has 0 aliphatic carbocycles. The number of hydrazone groups is 1. The van der Waals surface area contributed by atoms with Gasteiger partial charge in [-0.1, -0.05) is 23.7 Å². The predicted octanol–water partition coefficient (Wildman–Crippen LogP) is 3.90. The number of benzene rings is 2. The van der Waals surface area contributed by atoms with E-state index in [9.17, 15) is 0 Å². The van der Waals surface area contributed by atoms with E-state index in [-0.39, 0.29) is 0 Å². The zero-order valence-corrected chi connectivity index (χ0v) is 16.7. The Kier molecular flexibility index (Phi) is 6.96. The molecule has 144 valence electrons. The highest BCUT2D eigenvalue weighted by atomic mass is 35.5. The molecule has 0 amide bonds. The van der Waals surface area contributed by atoms with E-state index in [0.717, 1.165) is 53.8 Å². The lowest BCUT2D eigenvalue weighted by Gasteiger charge is -2.30. The van der Waals surface area contributed by atoms with Gasteiger partial charge in [0.15, 0.2) is 11.5 Å². The van der Waals surface area contributed by atoms with Crippen molar-refractivity contribution in [3.63, 3.8) is 0 Å². The maximum absolute atomic E-state index is 5.95. The molecule has 1 saturated heterocycles. The first kappa shape index (κ1) is 19.5. The van der Waals surface area contributed by atoms with Crippen LogP contribution in [0.5, 0.6) is 11.5 Å². The summed E-state index contributed by atoms with van der Waals surface area (Å²) >= 11 is 5.93. The topological polar surface area (TPSA) is 37.3 Å². The van der Waals surface area contributed by atoms with Gasteiger partial charge in [-0.3, -0.25) is 5.01 Å². The van der Waals surface area contributed by atoms with Crippen LogP contribution in [-0.4, -0.2) is 56.0 Å². The van der Waals surface area contributed by atoms with E-state index in [1.165, 1.54) is 0 Å². The number of halogens is 1. The third-order valence-corrected chi connectivity index (χ3v) is 4.68. The Labute approximate surface area is 166 Å². The van der Waals surface area contributed by atoms with Gasteiger partial charge in [-0.2, -0.15) is 5.10 Å². The quantitative estimate of drug-likeness (QED) is 0.675. The molecule has 0 saturated carbocycles. The maximum Gasteiger partial charge on any atom is 0.161 e. The molecular formula is C21H26ClN3O2. The Balaban J connectivity index is 1.65. The summed E-state index contributed by atoms with van der Waals surface area (Å²) < 4.78 is 11.7. The summed E-state index contributed by atoms with van der Waals surface area (Å²) in [5, 5.41) is 7.42. The molecule has 0 N–H and O–H groups in total. The first-order valence-corrected chi connectivity index (χ1v) is 9.63. The summed E-state index contributed by atoms with van der Waals surface area (Å²) in [6.07, 6.45) is 1.89. The molecule has 0 spiro atoms. The maximum atomic E-state index is 5.95. The molecule has 5 nitrogen and oxygen atoms in total. The van der Waals surface area contributed by atoms with Crippen molar-refractivity contribution >= 4 is 17.8 Å². The number of nitrogens with zero attached hydrogens (tertiary/aromatic N) is 3. The van der Waals surface area contributed by atoms with E-state index in [1.807, 2.05) is 55.6 Å². The molecule has 0 bridgehead atoms. The second-order valence-corrected chi connectivity index (χ2v) is 6.99. The Morgan fingerprint density at radius 1 is 1.00 bits per heavy atom. The van der Waals surface area contributed by atoms with Gasteiger partial charge < -0.3 is 14.4 Å². The number of likely N-dealkylation sites (N-methyl/N-ethyl adjacent to an activating group) is 1. The largest absolute Gasteiger partial charge is 0.490 e. The van der Waals surface area contributed by atoms with Gasteiger partial charge >= 0.3 is 0 Å². The van der Waals surface area contributed by atoms with Crippen molar-refractivity contribution in [2.45, 2.75) is 13.5 Å². The van der Waals surface area contributed by atoms with Crippen molar-refractivity contribution < 1.29 is 9.47 Å². The predicted molar refractivity (Wildman–Crippen MR) is 110 cm³/mol. The van der Waals surface area contributed by atoms with Crippen molar-refractivity contribution in [3.8, 4) is 11.5 Å². The van der Waals surface area contributed by atoms with Crippen molar-refractivity contribution in [3.05, 3.63) is 58.6 Å². The number of hydrogen-bond donors (Lipinski definition) is 0. The number of ether oxygens (including phenoxy) is 2. The SMILES string of the molecule is CCOc1cc(C=NN2CCN(C)CC2)ccc1OCc1ccc(Cl)cc1. The van der Waals surface area contributed by atoms with Crippen molar-refractivity contribution in [2.24, 2.45) is 5.10 Å². The summed E-state index contributed by atoms with van der Waals surface area (Å²) in [5.74, 6) is 1.46. The number of rotatable bonds is 7. The second kappa shape index (κ2) is 9.62. The van der Waals surface area contributed by atoms with Crippen LogP contribution in [0, 0.1) is 0 Å². The van der Waals surface area contributed by atoms with Gasteiger partial charge in [-0.15, -0.1) is 0 Å². The lowest BCUT2D eigenvalue weighted by atomic mass is 10.2. The molecule has 1 fully saturated rings. The zero-order valence-electron chi connectivity index (χ0n) is 15.9. The minimum Gasteiger partial charge on any atom is -0.490 e. The van der Waals surface area contributed by atoms with Gasteiger partial charge in [0.1, 0.15) is 6.61 Å². The van der Waals surface area contributed by atoms with Gasteiger partial charge in [-0.25, -0.2) is 0 Å². The smallest absolute Gasteiger partial charge is 0.161 e.